The molecule has 0 fully saturated rings. The van der Waals surface area contributed by atoms with Crippen molar-refractivity contribution in [3.8, 4) is 27.9 Å². The van der Waals surface area contributed by atoms with Gasteiger partial charge in [0, 0.05) is 75.3 Å². The molecule has 0 aliphatic heterocycles. The van der Waals surface area contributed by atoms with E-state index in [1.54, 1.807) is 0 Å². The summed E-state index contributed by atoms with van der Waals surface area (Å²) in [5.74, 6) is 0. The molecule has 174 valence electrons. The molecule has 0 radical (unpaired) electrons. The molecule has 0 saturated carbocycles. The average molecular weight is 469 g/mol. The molecule has 4 aromatic heterocycles. The topological polar surface area (TPSA) is 58.8 Å². The molecule has 2 N–H and O–H groups in total. The summed E-state index contributed by atoms with van der Waals surface area (Å²) >= 11 is 0. The Balaban J connectivity index is 1.44. The summed E-state index contributed by atoms with van der Waals surface area (Å²) in [7, 11) is 0. The minimum Gasteiger partial charge on any atom is -0.395 e. The summed E-state index contributed by atoms with van der Waals surface area (Å²) in [5.41, 5.74) is 8.89. The number of rotatable bonds is 5. The fourth-order valence-corrected chi connectivity index (χ4v) is 5.36. The van der Waals surface area contributed by atoms with Crippen LogP contribution in [0.1, 0.15) is 0 Å². The number of pyridine rings is 1. The van der Waals surface area contributed by atoms with Crippen molar-refractivity contribution in [3.05, 3.63) is 110 Å². The van der Waals surface area contributed by atoms with Gasteiger partial charge in [-0.2, -0.15) is 0 Å². The molecule has 0 spiro atoms. The number of aliphatic hydroxyl groups excluding tert-OH is 1. The van der Waals surface area contributed by atoms with Gasteiger partial charge in [0.05, 0.1) is 29.5 Å². The van der Waals surface area contributed by atoms with E-state index in [0.717, 1.165) is 49.9 Å². The summed E-state index contributed by atoms with van der Waals surface area (Å²) in [6, 6.07) is 27.3. The van der Waals surface area contributed by atoms with E-state index in [1.165, 1.54) is 10.8 Å². The van der Waals surface area contributed by atoms with Crippen molar-refractivity contribution in [1.82, 2.24) is 19.1 Å². The van der Waals surface area contributed by atoms with Gasteiger partial charge in [-0.05, 0) is 24.3 Å². The van der Waals surface area contributed by atoms with E-state index >= 15 is 0 Å². The van der Waals surface area contributed by atoms with E-state index in [1.807, 2.05) is 30.5 Å². The number of H-pyrrole nitrogens is 1. The molecule has 5 nitrogen and oxygen atoms in total. The fourth-order valence-electron chi connectivity index (χ4n) is 5.36. The van der Waals surface area contributed by atoms with Crippen LogP contribution in [0, 0.1) is 0 Å². The standard InChI is InChI=1S/C31H24N4O/c36-14-13-34-19-27(23-8-2-5-11-30(23)34)25-17-32-18-26(25)28-20-35(31-12-6-3-9-24(28)31)22-15-21-7-1-4-10-29(21)33-16-22/h1-12,15-20,32,36H,13-14H2. The first kappa shape index (κ1) is 20.7. The van der Waals surface area contributed by atoms with Crippen LogP contribution in [-0.4, -0.2) is 30.8 Å². The van der Waals surface area contributed by atoms with Crippen molar-refractivity contribution in [3.63, 3.8) is 0 Å². The van der Waals surface area contributed by atoms with Crippen molar-refractivity contribution in [2.45, 2.75) is 6.54 Å². The molecular formula is C31H24N4O. The zero-order valence-corrected chi connectivity index (χ0v) is 19.6. The van der Waals surface area contributed by atoms with Crippen molar-refractivity contribution < 1.29 is 5.11 Å². The maximum Gasteiger partial charge on any atom is 0.0703 e. The van der Waals surface area contributed by atoms with Crippen LogP contribution in [0.25, 0.3) is 60.6 Å². The minimum atomic E-state index is 0.103. The number of aromatic amines is 1. The van der Waals surface area contributed by atoms with Crippen LogP contribution in [0.5, 0.6) is 0 Å². The predicted octanol–water partition coefficient (Wildman–Crippen LogP) is 6.79. The van der Waals surface area contributed by atoms with Gasteiger partial charge in [0.15, 0.2) is 0 Å². The van der Waals surface area contributed by atoms with Gasteiger partial charge in [-0.15, -0.1) is 0 Å². The van der Waals surface area contributed by atoms with Crippen molar-refractivity contribution >= 4 is 32.7 Å². The van der Waals surface area contributed by atoms with E-state index in [-0.39, 0.29) is 6.61 Å². The first-order valence-corrected chi connectivity index (χ1v) is 12.1. The Kier molecular flexibility index (Phi) is 4.76. The average Bonchev–Trinajstić information content (AvgIpc) is 3.64. The number of aliphatic hydroxyl groups is 1. The summed E-state index contributed by atoms with van der Waals surface area (Å²) < 4.78 is 4.36. The lowest BCUT2D eigenvalue weighted by Crippen LogP contribution is -1.99. The molecule has 7 rings (SSSR count). The molecule has 36 heavy (non-hydrogen) atoms. The highest BCUT2D eigenvalue weighted by molar-refractivity contribution is 6.05. The first-order chi connectivity index (χ1) is 17.8. The van der Waals surface area contributed by atoms with Crippen LogP contribution in [0.3, 0.4) is 0 Å². The predicted molar refractivity (Wildman–Crippen MR) is 146 cm³/mol. The molecule has 0 saturated heterocycles. The van der Waals surface area contributed by atoms with Crippen LogP contribution in [0.15, 0.2) is 110 Å². The van der Waals surface area contributed by atoms with Gasteiger partial charge in [-0.3, -0.25) is 4.98 Å². The largest absolute Gasteiger partial charge is 0.395 e. The maximum atomic E-state index is 9.61. The quantitative estimate of drug-likeness (QED) is 0.292. The molecule has 7 aromatic rings. The summed E-state index contributed by atoms with van der Waals surface area (Å²) in [5, 5.41) is 13.1. The van der Waals surface area contributed by atoms with Gasteiger partial charge in [0.25, 0.3) is 0 Å². The Bertz CT molecular complexity index is 1870. The van der Waals surface area contributed by atoms with E-state index in [2.05, 4.69) is 93.5 Å². The van der Waals surface area contributed by atoms with Crippen molar-refractivity contribution in [1.29, 1.82) is 0 Å². The third-order valence-corrected chi connectivity index (χ3v) is 7.02. The number of aromatic nitrogens is 4. The number of para-hydroxylation sites is 3. The molecule has 0 unspecified atom stereocenters. The zero-order valence-electron chi connectivity index (χ0n) is 19.6. The Morgan fingerprint density at radius 2 is 1.39 bits per heavy atom. The Labute approximate surface area is 207 Å². The third kappa shape index (κ3) is 3.17. The lowest BCUT2D eigenvalue weighted by molar-refractivity contribution is 0.278. The monoisotopic (exact) mass is 468 g/mol. The van der Waals surface area contributed by atoms with Gasteiger partial charge in [0.1, 0.15) is 0 Å². The van der Waals surface area contributed by atoms with Crippen LogP contribution < -0.4 is 0 Å². The molecule has 0 bridgehead atoms. The second-order valence-electron chi connectivity index (χ2n) is 9.08. The highest BCUT2D eigenvalue weighted by Crippen LogP contribution is 2.41. The van der Waals surface area contributed by atoms with Crippen LogP contribution >= 0.6 is 0 Å². The van der Waals surface area contributed by atoms with Crippen molar-refractivity contribution in [2.24, 2.45) is 0 Å². The summed E-state index contributed by atoms with van der Waals surface area (Å²) in [6.45, 7) is 0.667. The van der Waals surface area contributed by atoms with Gasteiger partial charge in [0.2, 0.25) is 0 Å². The number of hydrogen-bond acceptors (Lipinski definition) is 2. The second kappa shape index (κ2) is 8.26. The Hall–Kier alpha value is -4.61. The number of hydrogen-bond donors (Lipinski definition) is 2. The van der Waals surface area contributed by atoms with E-state index in [9.17, 15) is 5.11 Å². The van der Waals surface area contributed by atoms with Gasteiger partial charge >= 0.3 is 0 Å². The molecular weight excluding hydrogens is 444 g/mol. The molecule has 0 aliphatic rings. The van der Waals surface area contributed by atoms with E-state index < -0.39 is 0 Å². The van der Waals surface area contributed by atoms with Crippen LogP contribution in [0.4, 0.5) is 0 Å². The SMILES string of the molecule is OCCn1cc(-c2c[nH]cc2-c2cn(-c3cnc4ccccc4c3)c3ccccc23)c2ccccc21. The maximum absolute atomic E-state index is 9.61. The number of fused-ring (bicyclic) bond motifs is 3. The van der Waals surface area contributed by atoms with Crippen LogP contribution in [0.2, 0.25) is 0 Å². The third-order valence-electron chi connectivity index (χ3n) is 7.02. The lowest BCUT2D eigenvalue weighted by atomic mass is 9.98. The smallest absolute Gasteiger partial charge is 0.0703 e. The minimum absolute atomic E-state index is 0.103. The second-order valence-corrected chi connectivity index (χ2v) is 9.08. The number of benzene rings is 3. The van der Waals surface area contributed by atoms with Gasteiger partial charge in [-0.1, -0.05) is 54.6 Å². The Morgan fingerprint density at radius 3 is 2.19 bits per heavy atom. The van der Waals surface area contributed by atoms with Crippen LogP contribution in [-0.2, 0) is 6.54 Å². The van der Waals surface area contributed by atoms with E-state index in [4.69, 9.17) is 4.98 Å². The summed E-state index contributed by atoms with van der Waals surface area (Å²) in [6.07, 6.45) is 10.5. The molecule has 5 heteroatoms. The number of nitrogens with zero attached hydrogens (tertiary/aromatic N) is 3. The molecule has 3 aromatic carbocycles. The number of nitrogens with one attached hydrogen (secondary N) is 1. The fraction of sp³-hybridized carbons (Fsp3) is 0.0645. The molecule has 0 aliphatic carbocycles. The van der Waals surface area contributed by atoms with Gasteiger partial charge < -0.3 is 19.2 Å². The molecule has 4 heterocycles. The lowest BCUT2D eigenvalue weighted by Gasteiger charge is -2.06. The van der Waals surface area contributed by atoms with Gasteiger partial charge in [-0.25, -0.2) is 0 Å². The normalized spacial score (nSPS) is 11.7. The first-order valence-electron chi connectivity index (χ1n) is 12.1. The Morgan fingerprint density at radius 1 is 0.722 bits per heavy atom. The zero-order chi connectivity index (χ0) is 24.1. The summed E-state index contributed by atoms with van der Waals surface area (Å²) in [4.78, 5) is 8.06. The van der Waals surface area contributed by atoms with E-state index in [0.29, 0.717) is 6.54 Å². The highest BCUT2D eigenvalue weighted by Gasteiger charge is 2.19. The molecule has 0 amide bonds. The van der Waals surface area contributed by atoms with Crippen molar-refractivity contribution in [2.75, 3.05) is 6.61 Å². The molecule has 0 atom stereocenters. The highest BCUT2D eigenvalue weighted by atomic mass is 16.3.